The lowest BCUT2D eigenvalue weighted by atomic mass is 11.3. The minimum absolute atomic E-state index is 0.797. The van der Waals surface area contributed by atoms with Crippen LogP contribution in [0.3, 0.4) is 0 Å². The van der Waals surface area contributed by atoms with Crippen molar-refractivity contribution in [2.24, 2.45) is 0 Å². The van der Waals surface area contributed by atoms with E-state index in [0.717, 1.165) is 3.01 Å². The van der Waals surface area contributed by atoms with Crippen LogP contribution in [-0.4, -0.2) is 18.4 Å². The molecule has 1 aromatic heterocycles. The summed E-state index contributed by atoms with van der Waals surface area (Å²) in [4.78, 5) is 0. The Bertz CT molecular complexity index is 144. The Morgan fingerprint density at radius 2 is 2.43 bits per heavy atom. The quantitative estimate of drug-likeness (QED) is 0.571. The van der Waals surface area contributed by atoms with E-state index < -0.39 is 6.08 Å². The summed E-state index contributed by atoms with van der Waals surface area (Å²) in [6.45, 7) is 0. The van der Waals surface area contributed by atoms with Gasteiger partial charge in [-0.15, -0.1) is 0 Å². The Balaban J connectivity index is 3.04. The lowest BCUT2D eigenvalue weighted by Crippen LogP contribution is -1.81. The highest BCUT2D eigenvalue weighted by Crippen LogP contribution is 1.84. The number of aromatic nitrogens is 4. The molecule has 7 heavy (non-hydrogen) atoms. The number of rotatable bonds is 0. The first kappa shape index (κ1) is 4.88. The zero-order chi connectivity index (χ0) is 5.28. The van der Waals surface area contributed by atoms with Gasteiger partial charge in [0.15, 0.2) is 0 Å². The van der Waals surface area contributed by atoms with Crippen LogP contribution in [0.15, 0.2) is 0 Å². The van der Waals surface area contributed by atoms with E-state index in [9.17, 15) is 4.39 Å². The predicted molar refractivity (Wildman–Crippen MR) is 27.2 cm³/mol. The van der Waals surface area contributed by atoms with E-state index >= 15 is 0 Å². The van der Waals surface area contributed by atoms with Crippen LogP contribution in [0.1, 0.15) is 0 Å². The van der Waals surface area contributed by atoms with Gasteiger partial charge >= 0.3 is 6.08 Å². The minimum atomic E-state index is -0.797. The van der Waals surface area contributed by atoms with Crippen LogP contribution in [0.25, 0.3) is 0 Å². The summed E-state index contributed by atoms with van der Waals surface area (Å²) < 4.78 is 12.6. The smallest absolute Gasteiger partial charge is 0.158 e. The molecule has 6 heteroatoms. The molecule has 0 aliphatic heterocycles. The summed E-state index contributed by atoms with van der Waals surface area (Å²) in [6, 6.07) is 0. The fourth-order valence-electron chi connectivity index (χ4n) is 0.182. The van der Waals surface area contributed by atoms with Crippen LogP contribution in [0.2, 0.25) is 0 Å². The van der Waals surface area contributed by atoms with Gasteiger partial charge in [-0.3, -0.25) is 0 Å². The molecule has 0 aliphatic rings. The fraction of sp³-hybridized carbons (Fsp3) is 0. The topological polar surface area (TPSA) is 43.6 Å². The second-order valence-corrected chi connectivity index (χ2v) is 1.66. The van der Waals surface area contributed by atoms with Gasteiger partial charge in [0, 0.05) is 0 Å². The van der Waals surface area contributed by atoms with E-state index in [4.69, 9.17) is 0 Å². The van der Waals surface area contributed by atoms with Gasteiger partial charge in [0.1, 0.15) is 22.9 Å². The van der Waals surface area contributed by atoms with Gasteiger partial charge in [0.05, 0.1) is 0 Å². The Kier molecular flexibility index (Phi) is 1.17. The van der Waals surface area contributed by atoms with Crippen molar-refractivity contribution in [3.63, 3.8) is 0 Å². The van der Waals surface area contributed by atoms with E-state index in [1.54, 1.807) is 22.9 Å². The molecule has 0 fully saturated rings. The molecule has 4 nitrogen and oxygen atoms in total. The largest absolute Gasteiger partial charge is 0.347 e. The predicted octanol–water partition coefficient (Wildman–Crippen LogP) is 0.0103. The van der Waals surface area contributed by atoms with Gasteiger partial charge < -0.3 is 0 Å². The first-order valence-electron chi connectivity index (χ1n) is 1.41. The lowest BCUT2D eigenvalue weighted by Gasteiger charge is -1.67. The summed E-state index contributed by atoms with van der Waals surface area (Å²) in [7, 11) is 0. The average Bonchev–Trinajstić information content (AvgIpc) is 1.87. The number of hydrogen-bond acceptors (Lipinski definition) is 3. The Morgan fingerprint density at radius 3 is 2.57 bits per heavy atom. The van der Waals surface area contributed by atoms with Crippen molar-refractivity contribution < 1.29 is 4.39 Å². The average molecular weight is 214 g/mol. The number of nitrogens with zero attached hydrogens (tertiary/aromatic N) is 4. The zero-order valence-electron chi connectivity index (χ0n) is 3.04. The van der Waals surface area contributed by atoms with Gasteiger partial charge in [-0.25, -0.2) is 0 Å². The summed E-state index contributed by atoms with van der Waals surface area (Å²) in [5.74, 6) is 0. The summed E-state index contributed by atoms with van der Waals surface area (Å²) in [5.41, 5.74) is 0. The van der Waals surface area contributed by atoms with Crippen LogP contribution in [0.5, 0.6) is 0 Å². The van der Waals surface area contributed by atoms with E-state index in [0.29, 0.717) is 0 Å². The third-order valence-corrected chi connectivity index (χ3v) is 0.775. The highest BCUT2D eigenvalue weighted by Gasteiger charge is 1.92. The van der Waals surface area contributed by atoms with Crippen molar-refractivity contribution in [1.29, 1.82) is 0 Å². The maximum atomic E-state index is 11.6. The highest BCUT2D eigenvalue weighted by molar-refractivity contribution is 14.1. The van der Waals surface area contributed by atoms with E-state index in [1.165, 1.54) is 0 Å². The summed E-state index contributed by atoms with van der Waals surface area (Å²) >= 11 is 1.69. The van der Waals surface area contributed by atoms with Crippen LogP contribution < -0.4 is 0 Å². The fourth-order valence-corrected chi connectivity index (χ4v) is 0.456. The molecule has 0 unspecified atom stereocenters. The van der Waals surface area contributed by atoms with Gasteiger partial charge in [-0.1, -0.05) is 13.2 Å². The molecule has 0 radical (unpaired) electrons. The molecule has 0 saturated heterocycles. The van der Waals surface area contributed by atoms with Gasteiger partial charge in [-0.05, 0) is 5.21 Å². The van der Waals surface area contributed by atoms with Gasteiger partial charge in [-0.2, -0.15) is 4.39 Å². The van der Waals surface area contributed by atoms with Crippen molar-refractivity contribution in [1.82, 2.24) is 18.4 Å². The summed E-state index contributed by atoms with van der Waals surface area (Å²) in [6.07, 6.45) is -0.797. The lowest BCUT2D eigenvalue weighted by molar-refractivity contribution is 0.540. The van der Waals surface area contributed by atoms with Crippen molar-refractivity contribution in [3.05, 3.63) is 6.08 Å². The highest BCUT2D eigenvalue weighted by atomic mass is 127. The van der Waals surface area contributed by atoms with Crippen molar-refractivity contribution in [2.45, 2.75) is 0 Å². The standard InChI is InChI=1S/CFIN4/c2-1-4-6-7(3)5-1. The molecule has 1 heterocycles. The Morgan fingerprint density at radius 1 is 1.71 bits per heavy atom. The maximum Gasteiger partial charge on any atom is 0.347 e. The molecule has 1 rings (SSSR count). The minimum Gasteiger partial charge on any atom is -0.158 e. The first-order chi connectivity index (χ1) is 3.29. The third-order valence-electron chi connectivity index (χ3n) is 0.366. The molecule has 0 spiro atoms. The van der Waals surface area contributed by atoms with Gasteiger partial charge in [0.25, 0.3) is 0 Å². The van der Waals surface area contributed by atoms with Crippen LogP contribution in [-0.2, 0) is 0 Å². The Labute approximate surface area is 52.2 Å². The second kappa shape index (κ2) is 1.68. The zero-order valence-corrected chi connectivity index (χ0v) is 5.20. The molecule has 38 valence electrons. The normalized spacial score (nSPS) is 9.43. The first-order valence-corrected chi connectivity index (χ1v) is 2.37. The molecular weight excluding hydrogens is 214 g/mol. The van der Waals surface area contributed by atoms with Crippen molar-refractivity contribution in [3.8, 4) is 0 Å². The van der Waals surface area contributed by atoms with Crippen molar-refractivity contribution in [2.75, 3.05) is 0 Å². The SMILES string of the molecule is Fc1nnn(I)n1. The van der Waals surface area contributed by atoms with Gasteiger partial charge in [0.2, 0.25) is 0 Å². The molecular formula is CFIN4. The number of hydrogen-bond donors (Lipinski definition) is 0. The van der Waals surface area contributed by atoms with E-state index in [1.807, 2.05) is 0 Å². The van der Waals surface area contributed by atoms with Crippen LogP contribution in [0.4, 0.5) is 4.39 Å². The van der Waals surface area contributed by atoms with Crippen molar-refractivity contribution >= 4 is 22.9 Å². The molecule has 0 bridgehead atoms. The number of tetrazole rings is 1. The molecule has 0 aliphatic carbocycles. The Hall–Kier alpha value is -0.270. The third kappa shape index (κ3) is 1.05. The summed E-state index contributed by atoms with van der Waals surface area (Å²) in [5, 5.41) is 9.25. The molecule has 0 amide bonds. The van der Waals surface area contributed by atoms with E-state index in [2.05, 4.69) is 15.4 Å². The number of halogens is 2. The molecule has 0 N–H and O–H groups in total. The van der Waals surface area contributed by atoms with Crippen LogP contribution >= 0.6 is 22.9 Å². The molecule has 0 atom stereocenters. The molecule has 0 aromatic carbocycles. The monoisotopic (exact) mass is 214 g/mol. The second-order valence-electron chi connectivity index (χ2n) is 0.799. The molecule has 1 aromatic rings. The maximum absolute atomic E-state index is 11.6. The molecule has 0 saturated carbocycles. The van der Waals surface area contributed by atoms with Crippen LogP contribution in [0, 0.1) is 6.08 Å². The van der Waals surface area contributed by atoms with E-state index in [-0.39, 0.29) is 0 Å².